The average molecular weight is 438 g/mol. The first-order valence-electron chi connectivity index (χ1n) is 9.21. The Balaban J connectivity index is 1.64. The van der Waals surface area contributed by atoms with Crippen LogP contribution < -0.4 is 10.2 Å². The molecule has 2 N–H and O–H groups in total. The summed E-state index contributed by atoms with van der Waals surface area (Å²) in [5.41, 5.74) is 1.39. The first-order valence-corrected chi connectivity index (χ1v) is 10.1. The van der Waals surface area contributed by atoms with Crippen molar-refractivity contribution in [1.29, 1.82) is 0 Å². The van der Waals surface area contributed by atoms with Crippen LogP contribution in [0.1, 0.15) is 23.7 Å². The van der Waals surface area contributed by atoms with Gasteiger partial charge in [-0.3, -0.25) is 19.2 Å². The number of ketones is 1. The van der Waals surface area contributed by atoms with Gasteiger partial charge in [-0.05, 0) is 55.5 Å². The molecular weight excluding hydrogens is 420 g/mol. The molecule has 1 fully saturated rings. The molecule has 1 aliphatic heterocycles. The summed E-state index contributed by atoms with van der Waals surface area (Å²) in [6.07, 6.45) is 1.70. The third-order valence-electron chi connectivity index (χ3n) is 4.41. The minimum atomic E-state index is -1.22. The number of carboxylic acid groups (broad SMARTS) is 1. The number of nitrogens with zero attached hydrogens (tertiary/aromatic N) is 1. The number of anilines is 2. The highest BCUT2D eigenvalue weighted by molar-refractivity contribution is 8.00. The summed E-state index contributed by atoms with van der Waals surface area (Å²) in [5, 5.41) is 10.5. The van der Waals surface area contributed by atoms with Crippen molar-refractivity contribution < 1.29 is 29.1 Å². The van der Waals surface area contributed by atoms with Gasteiger partial charge in [-0.1, -0.05) is 0 Å². The molecule has 0 radical (unpaired) electrons. The van der Waals surface area contributed by atoms with Crippen LogP contribution in [-0.2, 0) is 19.2 Å². The molecule has 31 heavy (non-hydrogen) atoms. The van der Waals surface area contributed by atoms with Crippen LogP contribution in [-0.4, -0.2) is 39.8 Å². The lowest BCUT2D eigenvalue weighted by molar-refractivity contribution is -0.131. The fourth-order valence-electron chi connectivity index (χ4n) is 2.92. The zero-order valence-corrected chi connectivity index (χ0v) is 17.2. The number of imide groups is 1. The van der Waals surface area contributed by atoms with Crippen LogP contribution in [0.2, 0.25) is 0 Å². The van der Waals surface area contributed by atoms with E-state index in [2.05, 4.69) is 5.32 Å². The van der Waals surface area contributed by atoms with Crippen molar-refractivity contribution >= 4 is 52.6 Å². The van der Waals surface area contributed by atoms with Crippen LogP contribution in [0.4, 0.5) is 11.4 Å². The molecule has 9 heteroatoms. The number of benzene rings is 2. The largest absolute Gasteiger partial charge is 0.478 e. The van der Waals surface area contributed by atoms with Gasteiger partial charge in [0.25, 0.3) is 0 Å². The zero-order valence-electron chi connectivity index (χ0n) is 16.4. The maximum atomic E-state index is 12.8. The predicted octanol–water partition coefficient (Wildman–Crippen LogP) is 2.89. The third kappa shape index (κ3) is 5.46. The fourth-order valence-corrected chi connectivity index (χ4v) is 3.98. The van der Waals surface area contributed by atoms with Crippen LogP contribution in [0.5, 0.6) is 0 Å². The van der Waals surface area contributed by atoms with E-state index in [1.54, 1.807) is 48.5 Å². The molecule has 0 aromatic heterocycles. The second-order valence-corrected chi connectivity index (χ2v) is 7.94. The van der Waals surface area contributed by atoms with E-state index in [1.165, 1.54) is 18.7 Å². The molecule has 8 nitrogen and oxygen atoms in total. The van der Waals surface area contributed by atoms with Gasteiger partial charge in [-0.2, -0.15) is 0 Å². The van der Waals surface area contributed by atoms with Gasteiger partial charge in [-0.15, -0.1) is 11.8 Å². The Morgan fingerprint density at radius 2 is 1.68 bits per heavy atom. The normalized spacial score (nSPS) is 16.0. The molecule has 1 aliphatic rings. The Morgan fingerprint density at radius 3 is 2.26 bits per heavy atom. The van der Waals surface area contributed by atoms with Crippen molar-refractivity contribution in [3.05, 3.63) is 66.2 Å². The summed E-state index contributed by atoms with van der Waals surface area (Å²) in [7, 11) is 0. The number of nitrogens with one attached hydrogen (secondary N) is 1. The summed E-state index contributed by atoms with van der Waals surface area (Å²) in [4.78, 5) is 60.5. The molecule has 2 aromatic carbocycles. The van der Waals surface area contributed by atoms with Crippen LogP contribution >= 0.6 is 11.8 Å². The number of Topliss-reactive ketones (excluding diaryl/α,β-unsaturated/α-hetero) is 1. The van der Waals surface area contributed by atoms with Crippen molar-refractivity contribution in [2.24, 2.45) is 0 Å². The van der Waals surface area contributed by atoms with Crippen molar-refractivity contribution in [2.45, 2.75) is 23.5 Å². The number of aliphatic carboxylic acids is 1. The number of carboxylic acids is 1. The molecule has 158 valence electrons. The van der Waals surface area contributed by atoms with Crippen LogP contribution in [0.25, 0.3) is 0 Å². The van der Waals surface area contributed by atoms with Crippen LogP contribution in [0.3, 0.4) is 0 Å². The standard InChI is InChI=1S/C22H18N2O6S/c1-13(25)14-2-6-16(7-3-14)24-20(27)12-18(22(24)30)31-17-8-4-15(5-9-17)23-19(26)10-11-21(28)29/h2-11,18H,12H2,1H3,(H,23,26)(H,28,29)/b11-10+. The number of carbonyl (C=O) groups is 5. The van der Waals surface area contributed by atoms with Crippen molar-refractivity contribution in [3.63, 3.8) is 0 Å². The first kappa shape index (κ1) is 22.0. The molecule has 1 heterocycles. The molecule has 3 amide bonds. The number of hydrogen-bond donors (Lipinski definition) is 2. The average Bonchev–Trinajstić information content (AvgIpc) is 3.01. The van der Waals surface area contributed by atoms with Crippen LogP contribution in [0, 0.1) is 0 Å². The molecule has 1 unspecified atom stereocenters. The summed E-state index contributed by atoms with van der Waals surface area (Å²) in [6, 6.07) is 13.0. The second kappa shape index (κ2) is 9.40. The van der Waals surface area contributed by atoms with Gasteiger partial charge in [-0.25, -0.2) is 9.69 Å². The van der Waals surface area contributed by atoms with E-state index >= 15 is 0 Å². The molecule has 0 aliphatic carbocycles. The SMILES string of the molecule is CC(=O)c1ccc(N2C(=O)CC(Sc3ccc(NC(=O)/C=C/C(=O)O)cc3)C2=O)cc1. The van der Waals surface area contributed by atoms with Gasteiger partial charge in [0.1, 0.15) is 0 Å². The molecule has 2 aromatic rings. The molecule has 1 saturated heterocycles. The maximum Gasteiger partial charge on any atom is 0.328 e. The number of rotatable bonds is 7. The summed E-state index contributed by atoms with van der Waals surface area (Å²) < 4.78 is 0. The lowest BCUT2D eigenvalue weighted by atomic mass is 10.1. The molecule has 0 bridgehead atoms. The van der Waals surface area contributed by atoms with Gasteiger partial charge in [0.2, 0.25) is 17.7 Å². The molecule has 3 rings (SSSR count). The van der Waals surface area contributed by atoms with Gasteiger partial charge >= 0.3 is 5.97 Å². The lowest BCUT2D eigenvalue weighted by Crippen LogP contribution is -2.31. The second-order valence-electron chi connectivity index (χ2n) is 6.67. The minimum absolute atomic E-state index is 0.0520. The predicted molar refractivity (Wildman–Crippen MR) is 115 cm³/mol. The number of thioether (sulfide) groups is 1. The van der Waals surface area contributed by atoms with E-state index in [-0.39, 0.29) is 24.0 Å². The van der Waals surface area contributed by atoms with E-state index in [1.807, 2.05) is 0 Å². The van der Waals surface area contributed by atoms with Crippen LogP contribution in [0.15, 0.2) is 65.6 Å². The Hall–Kier alpha value is -3.72. The molecule has 0 saturated carbocycles. The fraction of sp³-hybridized carbons (Fsp3) is 0.136. The van der Waals surface area contributed by atoms with E-state index in [4.69, 9.17) is 5.11 Å². The first-order chi connectivity index (χ1) is 14.7. The maximum absolute atomic E-state index is 12.8. The Labute approximate surface area is 181 Å². The minimum Gasteiger partial charge on any atom is -0.478 e. The van der Waals surface area contributed by atoms with E-state index in [0.717, 1.165) is 21.9 Å². The van der Waals surface area contributed by atoms with Gasteiger partial charge in [0.15, 0.2) is 5.78 Å². The smallest absolute Gasteiger partial charge is 0.328 e. The van der Waals surface area contributed by atoms with E-state index in [9.17, 15) is 24.0 Å². The quantitative estimate of drug-likeness (QED) is 0.387. The van der Waals surface area contributed by atoms with Crippen molar-refractivity contribution in [1.82, 2.24) is 0 Å². The highest BCUT2D eigenvalue weighted by Crippen LogP contribution is 2.34. The number of hydrogen-bond acceptors (Lipinski definition) is 6. The Morgan fingerprint density at radius 1 is 1.03 bits per heavy atom. The van der Waals surface area contributed by atoms with Crippen molar-refractivity contribution in [3.8, 4) is 0 Å². The van der Waals surface area contributed by atoms with Crippen molar-refractivity contribution in [2.75, 3.05) is 10.2 Å². The van der Waals surface area contributed by atoms with Gasteiger partial charge in [0.05, 0.1) is 10.9 Å². The third-order valence-corrected chi connectivity index (χ3v) is 5.61. The summed E-state index contributed by atoms with van der Waals surface area (Å²) >= 11 is 1.24. The van der Waals surface area contributed by atoms with E-state index in [0.29, 0.717) is 16.9 Å². The van der Waals surface area contributed by atoms with Gasteiger partial charge < -0.3 is 10.4 Å². The zero-order chi connectivity index (χ0) is 22.5. The highest BCUT2D eigenvalue weighted by atomic mass is 32.2. The lowest BCUT2D eigenvalue weighted by Gasteiger charge is -2.15. The number of amides is 3. The molecular formula is C22H18N2O6S. The summed E-state index contributed by atoms with van der Waals surface area (Å²) in [5.74, 6) is -2.54. The van der Waals surface area contributed by atoms with E-state index < -0.39 is 17.1 Å². The molecule has 0 spiro atoms. The highest BCUT2D eigenvalue weighted by Gasteiger charge is 2.40. The Bertz CT molecular complexity index is 1080. The monoisotopic (exact) mass is 438 g/mol. The number of carbonyl (C=O) groups excluding carboxylic acids is 4. The summed E-state index contributed by atoms with van der Waals surface area (Å²) in [6.45, 7) is 1.44. The Kier molecular flexibility index (Phi) is 6.66. The van der Waals surface area contributed by atoms with Gasteiger partial charge in [0, 0.05) is 34.7 Å². The molecule has 1 atom stereocenters. The topological polar surface area (TPSA) is 121 Å².